The molecule has 2 N–H and O–H groups in total. The number of hydrogen-bond acceptors (Lipinski definition) is 3. The van der Waals surface area contributed by atoms with E-state index < -0.39 is 28.4 Å². The van der Waals surface area contributed by atoms with E-state index in [9.17, 15) is 23.3 Å². The third-order valence-corrected chi connectivity index (χ3v) is 2.20. The molecule has 0 amide bonds. The van der Waals surface area contributed by atoms with Gasteiger partial charge >= 0.3 is 6.18 Å². The number of benzene rings is 1. The number of nitrogens with zero attached hydrogens (tertiary/aromatic N) is 1. The monoisotopic (exact) mass is 254 g/mol. The van der Waals surface area contributed by atoms with Crippen molar-refractivity contribution in [1.29, 1.82) is 0 Å². The zero-order valence-electron chi connectivity index (χ0n) is 7.66. The van der Waals surface area contributed by atoms with Gasteiger partial charge in [0.1, 0.15) is 11.1 Å². The van der Waals surface area contributed by atoms with Crippen LogP contribution in [-0.4, -0.2) is 11.1 Å². The highest BCUT2D eigenvalue weighted by atomic mass is 35.5. The third-order valence-electron chi connectivity index (χ3n) is 1.88. The Kier molecular flexibility index (Phi) is 3.39. The van der Waals surface area contributed by atoms with E-state index in [-0.39, 0.29) is 5.02 Å². The van der Waals surface area contributed by atoms with Gasteiger partial charge in [0.2, 0.25) is 0 Å². The molecular weight excluding hydrogens is 249 g/mol. The molecule has 8 heteroatoms. The molecule has 0 aliphatic heterocycles. The Hall–Kier alpha value is -1.34. The Morgan fingerprint density at radius 1 is 1.44 bits per heavy atom. The lowest BCUT2D eigenvalue weighted by Crippen LogP contribution is -2.28. The SMILES string of the molecule is N[C@@H](c1ccc(Cl)c([N+](=O)[O-])c1)C(F)(F)F. The van der Waals surface area contributed by atoms with Crippen molar-refractivity contribution in [2.45, 2.75) is 12.2 Å². The van der Waals surface area contributed by atoms with Crippen molar-refractivity contribution in [2.24, 2.45) is 5.73 Å². The van der Waals surface area contributed by atoms with E-state index in [1.165, 1.54) is 0 Å². The standard InChI is InChI=1S/C8H6ClF3N2O2/c9-5-2-1-4(3-6(5)14(15)16)7(13)8(10,11)12/h1-3,7H,13H2/t7-/m0/s1. The average molecular weight is 255 g/mol. The smallest absolute Gasteiger partial charge is 0.316 e. The highest BCUT2D eigenvalue weighted by Crippen LogP contribution is 2.34. The quantitative estimate of drug-likeness (QED) is 0.652. The van der Waals surface area contributed by atoms with Gasteiger partial charge in [-0.1, -0.05) is 17.7 Å². The third kappa shape index (κ3) is 2.61. The lowest BCUT2D eigenvalue weighted by Gasteiger charge is -2.15. The molecule has 0 radical (unpaired) electrons. The van der Waals surface area contributed by atoms with Gasteiger partial charge < -0.3 is 5.73 Å². The number of nitro groups is 1. The maximum atomic E-state index is 12.2. The van der Waals surface area contributed by atoms with Crippen LogP contribution < -0.4 is 5.73 Å². The van der Waals surface area contributed by atoms with Crippen LogP contribution in [0.5, 0.6) is 0 Å². The molecule has 1 aromatic rings. The van der Waals surface area contributed by atoms with E-state index in [2.05, 4.69) is 0 Å². The van der Waals surface area contributed by atoms with Crippen LogP contribution in [0.1, 0.15) is 11.6 Å². The fourth-order valence-electron chi connectivity index (χ4n) is 1.05. The van der Waals surface area contributed by atoms with Crippen molar-refractivity contribution < 1.29 is 18.1 Å². The van der Waals surface area contributed by atoms with E-state index in [0.717, 1.165) is 18.2 Å². The summed E-state index contributed by atoms with van der Waals surface area (Å²) in [4.78, 5) is 9.58. The highest BCUT2D eigenvalue weighted by molar-refractivity contribution is 6.32. The van der Waals surface area contributed by atoms with E-state index >= 15 is 0 Å². The fourth-order valence-corrected chi connectivity index (χ4v) is 1.24. The lowest BCUT2D eigenvalue weighted by atomic mass is 10.1. The Morgan fingerprint density at radius 3 is 2.44 bits per heavy atom. The van der Waals surface area contributed by atoms with Gasteiger partial charge in [-0.25, -0.2) is 0 Å². The number of hydrogen-bond donors (Lipinski definition) is 1. The summed E-state index contributed by atoms with van der Waals surface area (Å²) in [5.74, 6) is 0. The van der Waals surface area contributed by atoms with Gasteiger partial charge in [-0.3, -0.25) is 10.1 Å². The molecule has 0 saturated heterocycles. The normalized spacial score (nSPS) is 13.6. The number of rotatable bonds is 2. The molecule has 4 nitrogen and oxygen atoms in total. The van der Waals surface area contributed by atoms with Crippen molar-refractivity contribution in [1.82, 2.24) is 0 Å². The Balaban J connectivity index is 3.18. The van der Waals surface area contributed by atoms with Crippen molar-refractivity contribution in [3.63, 3.8) is 0 Å². The van der Waals surface area contributed by atoms with Crippen LogP contribution in [0.25, 0.3) is 0 Å². The van der Waals surface area contributed by atoms with Crippen LogP contribution >= 0.6 is 11.6 Å². The molecule has 88 valence electrons. The van der Waals surface area contributed by atoms with E-state index in [1.54, 1.807) is 0 Å². The predicted octanol–water partition coefficient (Wildman–Crippen LogP) is 2.81. The number of alkyl halides is 3. The number of halogens is 4. The summed E-state index contributed by atoms with van der Waals surface area (Å²) >= 11 is 5.45. The van der Waals surface area contributed by atoms with Gasteiger partial charge in [0.15, 0.2) is 0 Å². The minimum Gasteiger partial charge on any atom is -0.316 e. The Morgan fingerprint density at radius 2 is 2.00 bits per heavy atom. The molecule has 0 bridgehead atoms. The first-order valence-electron chi connectivity index (χ1n) is 3.99. The molecule has 0 aromatic heterocycles. The van der Waals surface area contributed by atoms with Crippen molar-refractivity contribution in [3.05, 3.63) is 38.9 Å². The Labute approximate surface area is 93.0 Å². The van der Waals surface area contributed by atoms with Gasteiger partial charge in [0.05, 0.1) is 4.92 Å². The van der Waals surface area contributed by atoms with Crippen molar-refractivity contribution in [2.75, 3.05) is 0 Å². The van der Waals surface area contributed by atoms with Crippen molar-refractivity contribution in [3.8, 4) is 0 Å². The Bertz CT molecular complexity index is 422. The molecular formula is C8H6ClF3N2O2. The molecule has 0 unspecified atom stereocenters. The molecule has 0 fully saturated rings. The number of nitro benzene ring substituents is 1. The summed E-state index contributed by atoms with van der Waals surface area (Å²) in [5, 5.41) is 10.2. The topological polar surface area (TPSA) is 69.2 Å². The largest absolute Gasteiger partial charge is 0.407 e. The lowest BCUT2D eigenvalue weighted by molar-refractivity contribution is -0.384. The zero-order valence-corrected chi connectivity index (χ0v) is 8.42. The van der Waals surface area contributed by atoms with Crippen LogP contribution in [0.3, 0.4) is 0 Å². The second-order valence-corrected chi connectivity index (χ2v) is 3.39. The van der Waals surface area contributed by atoms with Gasteiger partial charge in [-0.05, 0) is 11.6 Å². The summed E-state index contributed by atoms with van der Waals surface area (Å²) in [6.07, 6.45) is -4.65. The predicted molar refractivity (Wildman–Crippen MR) is 51.1 cm³/mol. The zero-order chi connectivity index (χ0) is 12.5. The maximum absolute atomic E-state index is 12.2. The van der Waals surface area contributed by atoms with Gasteiger partial charge in [0.25, 0.3) is 5.69 Å². The first-order chi connectivity index (χ1) is 7.23. The first kappa shape index (κ1) is 12.7. The van der Waals surface area contributed by atoms with Gasteiger partial charge in [-0.2, -0.15) is 13.2 Å². The molecule has 0 saturated carbocycles. The molecule has 0 aliphatic carbocycles. The van der Waals surface area contributed by atoms with Gasteiger partial charge in [0, 0.05) is 6.07 Å². The number of nitrogens with two attached hydrogens (primary N) is 1. The second-order valence-electron chi connectivity index (χ2n) is 2.99. The summed E-state index contributed by atoms with van der Waals surface area (Å²) in [6, 6.07) is 0.484. The fraction of sp³-hybridized carbons (Fsp3) is 0.250. The van der Waals surface area contributed by atoms with Crippen LogP contribution in [0.4, 0.5) is 18.9 Å². The minimum atomic E-state index is -4.65. The van der Waals surface area contributed by atoms with E-state index in [0.29, 0.717) is 0 Å². The van der Waals surface area contributed by atoms with Crippen LogP contribution in [0.2, 0.25) is 5.02 Å². The summed E-state index contributed by atoms with van der Waals surface area (Å²) < 4.78 is 36.7. The van der Waals surface area contributed by atoms with E-state index in [1.807, 2.05) is 0 Å². The van der Waals surface area contributed by atoms with Crippen molar-refractivity contribution >= 4 is 17.3 Å². The first-order valence-corrected chi connectivity index (χ1v) is 4.37. The summed E-state index contributed by atoms with van der Waals surface area (Å²) in [7, 11) is 0. The molecule has 1 atom stereocenters. The van der Waals surface area contributed by atoms with Crippen LogP contribution in [-0.2, 0) is 0 Å². The van der Waals surface area contributed by atoms with E-state index in [4.69, 9.17) is 17.3 Å². The molecule has 1 rings (SSSR count). The second kappa shape index (κ2) is 4.26. The average Bonchev–Trinajstić information content (AvgIpc) is 2.15. The summed E-state index contributed by atoms with van der Waals surface area (Å²) in [6.45, 7) is 0. The maximum Gasteiger partial charge on any atom is 0.407 e. The minimum absolute atomic E-state index is 0.233. The highest BCUT2D eigenvalue weighted by Gasteiger charge is 2.38. The summed E-state index contributed by atoms with van der Waals surface area (Å²) in [5.41, 5.74) is 3.90. The molecule has 0 heterocycles. The molecule has 1 aromatic carbocycles. The van der Waals surface area contributed by atoms with Crippen LogP contribution in [0, 0.1) is 10.1 Å². The van der Waals surface area contributed by atoms with Crippen LogP contribution in [0.15, 0.2) is 18.2 Å². The van der Waals surface area contributed by atoms with Gasteiger partial charge in [-0.15, -0.1) is 0 Å². The molecule has 0 spiro atoms. The molecule has 0 aliphatic rings. The molecule has 16 heavy (non-hydrogen) atoms.